The summed E-state index contributed by atoms with van der Waals surface area (Å²) < 4.78 is 1.89. The van der Waals surface area contributed by atoms with Crippen LogP contribution in [0.5, 0.6) is 0 Å². The lowest BCUT2D eigenvalue weighted by Crippen LogP contribution is -2.00. The molecule has 2 aromatic rings. The second kappa shape index (κ2) is 5.30. The Morgan fingerprint density at radius 2 is 2.21 bits per heavy atom. The van der Waals surface area contributed by atoms with Gasteiger partial charge in [-0.15, -0.1) is 5.10 Å². The van der Waals surface area contributed by atoms with Crippen molar-refractivity contribution >= 4 is 11.8 Å². The second-order valence-corrected chi connectivity index (χ2v) is 5.71. The van der Waals surface area contributed by atoms with Crippen LogP contribution in [0.25, 0.3) is 0 Å². The molecule has 3 rings (SSSR count). The van der Waals surface area contributed by atoms with Crippen molar-refractivity contribution in [2.45, 2.75) is 48.4 Å². The van der Waals surface area contributed by atoms with Crippen molar-refractivity contribution in [1.29, 1.82) is 0 Å². The lowest BCUT2D eigenvalue weighted by molar-refractivity contribution is 0.171. The molecule has 0 radical (unpaired) electrons. The minimum Gasteiger partial charge on any atom is -0.388 e. The summed E-state index contributed by atoms with van der Waals surface area (Å²) in [5, 5.41) is 22.7. The highest BCUT2D eigenvalue weighted by atomic mass is 32.2. The number of tetrazole rings is 1. The first-order valence-electron chi connectivity index (χ1n) is 6.52. The van der Waals surface area contributed by atoms with Crippen LogP contribution in [0.2, 0.25) is 0 Å². The number of aromatic nitrogens is 4. The fourth-order valence-corrected chi connectivity index (χ4v) is 2.99. The molecular weight excluding hydrogens is 260 g/mol. The molecule has 1 atom stereocenters. The highest BCUT2D eigenvalue weighted by molar-refractivity contribution is 7.99. The van der Waals surface area contributed by atoms with E-state index < -0.39 is 6.10 Å². The Morgan fingerprint density at radius 3 is 2.95 bits per heavy atom. The van der Waals surface area contributed by atoms with Gasteiger partial charge in [-0.3, -0.25) is 0 Å². The Labute approximate surface area is 116 Å². The summed E-state index contributed by atoms with van der Waals surface area (Å²) in [4.78, 5) is 1.02. The number of benzene rings is 1. The quantitative estimate of drug-likeness (QED) is 0.909. The van der Waals surface area contributed by atoms with Crippen molar-refractivity contribution in [2.75, 3.05) is 0 Å². The molecule has 1 aliphatic carbocycles. The Balaban J connectivity index is 1.88. The van der Waals surface area contributed by atoms with Crippen LogP contribution in [0.4, 0.5) is 0 Å². The summed E-state index contributed by atoms with van der Waals surface area (Å²) in [6.45, 7) is 1.97. The van der Waals surface area contributed by atoms with Crippen LogP contribution in [0.1, 0.15) is 43.9 Å². The summed E-state index contributed by atoms with van der Waals surface area (Å²) in [7, 11) is 0. The molecule has 1 fully saturated rings. The van der Waals surface area contributed by atoms with Crippen molar-refractivity contribution < 1.29 is 5.11 Å². The highest BCUT2D eigenvalue weighted by Gasteiger charge is 2.28. The molecule has 1 saturated carbocycles. The van der Waals surface area contributed by atoms with Crippen LogP contribution in [-0.2, 0) is 0 Å². The minimum atomic E-state index is -0.436. The van der Waals surface area contributed by atoms with E-state index in [1.807, 2.05) is 35.9 Å². The average Bonchev–Trinajstić information content (AvgIpc) is 3.19. The summed E-state index contributed by atoms with van der Waals surface area (Å²) >= 11 is 1.53. The average molecular weight is 276 g/mol. The largest absolute Gasteiger partial charge is 0.388 e. The lowest BCUT2D eigenvalue weighted by atomic mass is 10.1. The maximum atomic E-state index is 10.1. The normalized spacial score (nSPS) is 16.5. The summed E-state index contributed by atoms with van der Waals surface area (Å²) in [5.41, 5.74) is 0.945. The van der Waals surface area contributed by atoms with Crippen LogP contribution < -0.4 is 0 Å². The number of aliphatic hydroxyl groups is 1. The lowest BCUT2D eigenvalue weighted by Gasteiger charge is -2.13. The van der Waals surface area contributed by atoms with E-state index in [1.165, 1.54) is 11.8 Å². The molecule has 1 heterocycles. The molecule has 1 aromatic carbocycles. The van der Waals surface area contributed by atoms with Crippen molar-refractivity contribution in [3.63, 3.8) is 0 Å². The van der Waals surface area contributed by atoms with E-state index in [-0.39, 0.29) is 0 Å². The molecule has 1 aromatic heterocycles. The van der Waals surface area contributed by atoms with Gasteiger partial charge in [-0.25, -0.2) is 4.68 Å². The zero-order valence-electron chi connectivity index (χ0n) is 10.7. The number of rotatable bonds is 5. The van der Waals surface area contributed by atoms with Gasteiger partial charge in [0.25, 0.3) is 0 Å². The monoisotopic (exact) mass is 276 g/mol. The summed E-state index contributed by atoms with van der Waals surface area (Å²) in [6.07, 6.45) is 2.56. The molecule has 6 heteroatoms. The van der Waals surface area contributed by atoms with Gasteiger partial charge in [0.2, 0.25) is 5.16 Å². The Hall–Kier alpha value is -1.40. The first-order valence-corrected chi connectivity index (χ1v) is 7.34. The van der Waals surface area contributed by atoms with Crippen molar-refractivity contribution in [3.05, 3.63) is 29.8 Å². The number of hydrogen-bond donors (Lipinski definition) is 1. The van der Waals surface area contributed by atoms with Crippen LogP contribution >= 0.6 is 11.8 Å². The predicted molar refractivity (Wildman–Crippen MR) is 71.9 cm³/mol. The Kier molecular flexibility index (Phi) is 3.52. The molecule has 0 saturated heterocycles. The van der Waals surface area contributed by atoms with Crippen molar-refractivity contribution in [1.82, 2.24) is 20.2 Å². The van der Waals surface area contributed by atoms with Crippen LogP contribution in [0.15, 0.2) is 34.3 Å². The van der Waals surface area contributed by atoms with Gasteiger partial charge in [0.05, 0.1) is 12.1 Å². The maximum Gasteiger partial charge on any atom is 0.214 e. The number of aliphatic hydroxyl groups excluding tert-OH is 1. The fraction of sp³-hybridized carbons (Fsp3) is 0.462. The molecule has 1 aliphatic rings. The fourth-order valence-electron chi connectivity index (χ4n) is 1.97. The van der Waals surface area contributed by atoms with Gasteiger partial charge in [-0.1, -0.05) is 25.1 Å². The minimum absolute atomic E-state index is 0.436. The van der Waals surface area contributed by atoms with Gasteiger partial charge in [0.1, 0.15) is 0 Å². The molecule has 19 heavy (non-hydrogen) atoms. The molecule has 0 amide bonds. The first kappa shape index (κ1) is 12.6. The molecule has 0 spiro atoms. The Bertz CT molecular complexity index is 567. The van der Waals surface area contributed by atoms with Gasteiger partial charge in [0.15, 0.2) is 0 Å². The number of nitrogens with zero attached hydrogens (tertiary/aromatic N) is 4. The third-order valence-corrected chi connectivity index (χ3v) is 4.26. The molecule has 0 bridgehead atoms. The second-order valence-electron chi connectivity index (χ2n) is 4.70. The van der Waals surface area contributed by atoms with Gasteiger partial charge >= 0.3 is 0 Å². The third-order valence-electron chi connectivity index (χ3n) is 3.22. The van der Waals surface area contributed by atoms with Gasteiger partial charge in [-0.05, 0) is 53.1 Å². The zero-order chi connectivity index (χ0) is 13.2. The van der Waals surface area contributed by atoms with E-state index in [2.05, 4.69) is 15.5 Å². The zero-order valence-corrected chi connectivity index (χ0v) is 11.5. The molecule has 1 N–H and O–H groups in total. The topological polar surface area (TPSA) is 63.8 Å². The van der Waals surface area contributed by atoms with Crippen LogP contribution in [-0.4, -0.2) is 25.3 Å². The number of hydrogen-bond acceptors (Lipinski definition) is 5. The smallest absolute Gasteiger partial charge is 0.214 e. The van der Waals surface area contributed by atoms with E-state index in [4.69, 9.17) is 0 Å². The van der Waals surface area contributed by atoms with E-state index in [0.717, 1.165) is 28.5 Å². The predicted octanol–water partition coefficient (Wildman–Crippen LogP) is 2.60. The standard InChI is InChI=1S/C13H16N4OS/c1-2-11(18)10-5-3-4-6-12(10)19-13-14-15-16-17(13)9-7-8-9/h3-6,9,11,18H,2,7-8H2,1H3/t11-/m1/s1. The van der Waals surface area contributed by atoms with Gasteiger partial charge in [0, 0.05) is 4.90 Å². The molecular formula is C13H16N4OS. The third kappa shape index (κ3) is 2.64. The highest BCUT2D eigenvalue weighted by Crippen LogP contribution is 2.39. The maximum absolute atomic E-state index is 10.1. The molecule has 100 valence electrons. The van der Waals surface area contributed by atoms with Gasteiger partial charge < -0.3 is 5.11 Å². The van der Waals surface area contributed by atoms with E-state index >= 15 is 0 Å². The van der Waals surface area contributed by atoms with Crippen LogP contribution in [0.3, 0.4) is 0 Å². The van der Waals surface area contributed by atoms with E-state index in [0.29, 0.717) is 12.5 Å². The summed E-state index contributed by atoms with van der Waals surface area (Å²) in [6, 6.07) is 8.34. The van der Waals surface area contributed by atoms with E-state index in [1.54, 1.807) is 0 Å². The molecule has 5 nitrogen and oxygen atoms in total. The van der Waals surface area contributed by atoms with Crippen LogP contribution in [0, 0.1) is 0 Å². The molecule has 0 unspecified atom stereocenters. The van der Waals surface area contributed by atoms with Crippen molar-refractivity contribution in [2.24, 2.45) is 0 Å². The molecule has 0 aliphatic heterocycles. The van der Waals surface area contributed by atoms with E-state index in [9.17, 15) is 5.11 Å². The summed E-state index contributed by atoms with van der Waals surface area (Å²) in [5.74, 6) is 0. The Morgan fingerprint density at radius 1 is 1.42 bits per heavy atom. The SMILES string of the molecule is CC[C@@H](O)c1ccccc1Sc1nnnn1C1CC1. The van der Waals surface area contributed by atoms with Gasteiger partial charge in [-0.2, -0.15) is 0 Å². The van der Waals surface area contributed by atoms with Crippen molar-refractivity contribution in [3.8, 4) is 0 Å². The first-order chi connectivity index (χ1) is 9.29.